The maximum absolute atomic E-state index is 13.2. The van der Waals surface area contributed by atoms with Gasteiger partial charge < -0.3 is 5.11 Å². The van der Waals surface area contributed by atoms with E-state index in [1.165, 1.54) is 28.8 Å². The molecule has 0 bridgehead atoms. The first-order valence-electron chi connectivity index (χ1n) is 5.90. The molecule has 0 saturated heterocycles. The Morgan fingerprint density at radius 3 is 2.40 bits per heavy atom. The van der Waals surface area contributed by atoms with E-state index < -0.39 is 11.8 Å². The molecule has 5 heteroatoms. The quantitative estimate of drug-likeness (QED) is 0.834. The van der Waals surface area contributed by atoms with Crippen LogP contribution in [0.5, 0.6) is 0 Å². The minimum Gasteiger partial charge on any atom is -0.481 e. The van der Waals surface area contributed by atoms with Crippen LogP contribution in [0.4, 0.5) is 4.39 Å². The molecule has 2 nitrogen and oxygen atoms in total. The lowest BCUT2D eigenvalue weighted by molar-refractivity contribution is -0.136. The summed E-state index contributed by atoms with van der Waals surface area (Å²) in [5.41, 5.74) is 0.497. The third-order valence-electron chi connectivity index (χ3n) is 2.65. The van der Waals surface area contributed by atoms with Crippen molar-refractivity contribution in [2.75, 3.05) is 6.26 Å². The summed E-state index contributed by atoms with van der Waals surface area (Å²) in [6.45, 7) is 0. The normalized spacial score (nSPS) is 10.5. The monoisotopic (exact) mass is 308 g/mol. The second-order valence-corrected chi connectivity index (χ2v) is 6.10. The van der Waals surface area contributed by atoms with Crippen molar-refractivity contribution in [3.05, 3.63) is 53.8 Å². The van der Waals surface area contributed by atoms with Crippen LogP contribution in [0.2, 0.25) is 0 Å². The Labute approximate surface area is 125 Å². The molecule has 0 amide bonds. The maximum Gasteiger partial charge on any atom is 0.307 e. The summed E-state index contributed by atoms with van der Waals surface area (Å²) in [4.78, 5) is 13.8. The fraction of sp³-hybridized carbons (Fsp3) is 0.133. The van der Waals surface area contributed by atoms with Crippen molar-refractivity contribution in [1.82, 2.24) is 0 Å². The molecule has 1 N–H and O–H groups in total. The highest BCUT2D eigenvalue weighted by atomic mass is 32.2. The van der Waals surface area contributed by atoms with Crippen molar-refractivity contribution < 1.29 is 14.3 Å². The molecule has 0 aromatic heterocycles. The van der Waals surface area contributed by atoms with Crippen LogP contribution in [0, 0.1) is 5.82 Å². The molecular weight excluding hydrogens is 295 g/mol. The van der Waals surface area contributed by atoms with Gasteiger partial charge in [-0.3, -0.25) is 4.79 Å². The summed E-state index contributed by atoms with van der Waals surface area (Å²) >= 11 is 3.11. The third kappa shape index (κ3) is 4.02. The molecular formula is C15H13FO2S2. The summed E-state index contributed by atoms with van der Waals surface area (Å²) in [6, 6.07) is 12.2. The summed E-state index contributed by atoms with van der Waals surface area (Å²) in [7, 11) is 0. The molecule has 0 radical (unpaired) electrons. The van der Waals surface area contributed by atoms with Gasteiger partial charge in [0.1, 0.15) is 5.82 Å². The molecule has 2 aromatic rings. The van der Waals surface area contributed by atoms with E-state index in [-0.39, 0.29) is 6.42 Å². The molecule has 0 aliphatic carbocycles. The largest absolute Gasteiger partial charge is 0.481 e. The average Bonchev–Trinajstić information content (AvgIpc) is 2.42. The number of aliphatic carboxylic acids is 1. The van der Waals surface area contributed by atoms with Gasteiger partial charge in [-0.15, -0.1) is 11.8 Å². The van der Waals surface area contributed by atoms with Gasteiger partial charge in [-0.2, -0.15) is 0 Å². The number of hydrogen-bond donors (Lipinski definition) is 1. The lowest BCUT2D eigenvalue weighted by Crippen LogP contribution is -2.02. The molecule has 2 rings (SSSR count). The molecule has 2 aromatic carbocycles. The Balaban J connectivity index is 2.25. The first-order chi connectivity index (χ1) is 9.58. The van der Waals surface area contributed by atoms with Crippen LogP contribution in [0.3, 0.4) is 0 Å². The molecule has 0 heterocycles. The summed E-state index contributed by atoms with van der Waals surface area (Å²) in [5, 5.41) is 8.88. The molecule has 104 valence electrons. The van der Waals surface area contributed by atoms with Gasteiger partial charge in [0, 0.05) is 14.7 Å². The van der Waals surface area contributed by atoms with Crippen LogP contribution in [-0.2, 0) is 11.2 Å². The van der Waals surface area contributed by atoms with Crippen molar-refractivity contribution in [1.29, 1.82) is 0 Å². The number of carboxylic acid groups (broad SMARTS) is 1. The predicted octanol–water partition coefficient (Wildman–Crippen LogP) is 4.33. The zero-order chi connectivity index (χ0) is 14.5. The van der Waals surface area contributed by atoms with Crippen LogP contribution >= 0.6 is 23.5 Å². The topological polar surface area (TPSA) is 37.3 Å². The van der Waals surface area contributed by atoms with Crippen LogP contribution in [0.15, 0.2) is 57.2 Å². The van der Waals surface area contributed by atoms with Crippen LogP contribution in [-0.4, -0.2) is 17.3 Å². The van der Waals surface area contributed by atoms with Gasteiger partial charge in [0.25, 0.3) is 0 Å². The third-order valence-corrected chi connectivity index (χ3v) is 4.52. The molecule has 0 atom stereocenters. The molecule has 0 aliphatic rings. The lowest BCUT2D eigenvalue weighted by Gasteiger charge is -2.08. The number of hydrogen-bond acceptors (Lipinski definition) is 3. The van der Waals surface area contributed by atoms with Crippen LogP contribution in [0.25, 0.3) is 0 Å². The van der Waals surface area contributed by atoms with Crippen molar-refractivity contribution in [3.63, 3.8) is 0 Å². The highest BCUT2D eigenvalue weighted by Crippen LogP contribution is 2.32. The van der Waals surface area contributed by atoms with E-state index in [1.807, 2.05) is 30.5 Å². The second-order valence-electron chi connectivity index (χ2n) is 4.10. The van der Waals surface area contributed by atoms with E-state index in [2.05, 4.69) is 0 Å². The van der Waals surface area contributed by atoms with Crippen molar-refractivity contribution >= 4 is 29.5 Å². The van der Waals surface area contributed by atoms with Gasteiger partial charge in [0.05, 0.1) is 6.42 Å². The predicted molar refractivity (Wildman–Crippen MR) is 80.1 cm³/mol. The van der Waals surface area contributed by atoms with Crippen molar-refractivity contribution in [2.24, 2.45) is 0 Å². The minimum atomic E-state index is -0.963. The summed E-state index contributed by atoms with van der Waals surface area (Å²) in [6.07, 6.45) is 1.83. The van der Waals surface area contributed by atoms with Crippen LogP contribution in [0.1, 0.15) is 5.56 Å². The summed E-state index contributed by atoms with van der Waals surface area (Å²) in [5.74, 6) is -1.38. The number of carbonyl (C=O) groups is 1. The highest BCUT2D eigenvalue weighted by Gasteiger charge is 2.09. The van der Waals surface area contributed by atoms with E-state index in [0.717, 1.165) is 9.79 Å². The zero-order valence-electron chi connectivity index (χ0n) is 10.8. The summed E-state index contributed by atoms with van der Waals surface area (Å²) < 4.78 is 13.2. The Morgan fingerprint density at radius 2 is 1.80 bits per heavy atom. The molecule has 0 saturated carbocycles. The molecule has 0 spiro atoms. The number of thioether (sulfide) groups is 1. The average molecular weight is 308 g/mol. The van der Waals surface area contributed by atoms with Gasteiger partial charge >= 0.3 is 5.97 Å². The van der Waals surface area contributed by atoms with Crippen LogP contribution < -0.4 is 0 Å². The molecule has 0 unspecified atom stereocenters. The Bertz CT molecular complexity index is 612. The maximum atomic E-state index is 13.2. The van der Waals surface area contributed by atoms with Gasteiger partial charge in [0.2, 0.25) is 0 Å². The molecule has 0 aliphatic heterocycles. The second kappa shape index (κ2) is 6.81. The number of benzene rings is 2. The van der Waals surface area contributed by atoms with Gasteiger partial charge in [-0.1, -0.05) is 11.8 Å². The van der Waals surface area contributed by atoms with Crippen molar-refractivity contribution in [3.8, 4) is 0 Å². The van der Waals surface area contributed by atoms with E-state index in [0.29, 0.717) is 5.56 Å². The van der Waals surface area contributed by atoms with Crippen molar-refractivity contribution in [2.45, 2.75) is 21.1 Å². The SMILES string of the molecule is CSc1ccc(Sc2ccc(F)cc2CC(=O)O)cc1. The Morgan fingerprint density at radius 1 is 1.15 bits per heavy atom. The first-order valence-corrected chi connectivity index (χ1v) is 7.95. The van der Waals surface area contributed by atoms with E-state index in [9.17, 15) is 9.18 Å². The molecule has 20 heavy (non-hydrogen) atoms. The smallest absolute Gasteiger partial charge is 0.307 e. The first kappa shape index (κ1) is 14.9. The standard InChI is InChI=1S/C15H13FO2S2/c1-19-12-3-5-13(6-4-12)20-14-7-2-11(16)8-10(14)9-15(17)18/h2-8H,9H2,1H3,(H,17,18). The zero-order valence-corrected chi connectivity index (χ0v) is 12.4. The molecule has 0 fully saturated rings. The van der Waals surface area contributed by atoms with E-state index >= 15 is 0 Å². The van der Waals surface area contributed by atoms with Gasteiger partial charge in [-0.05, 0) is 54.3 Å². The fourth-order valence-corrected chi connectivity index (χ4v) is 3.05. The number of rotatable bonds is 5. The fourth-order valence-electron chi connectivity index (χ4n) is 1.72. The van der Waals surface area contributed by atoms with Gasteiger partial charge in [0.15, 0.2) is 0 Å². The number of halogens is 1. The number of carboxylic acids is 1. The van der Waals surface area contributed by atoms with Gasteiger partial charge in [-0.25, -0.2) is 4.39 Å². The Hall–Kier alpha value is -1.46. The van der Waals surface area contributed by atoms with E-state index in [1.54, 1.807) is 17.8 Å². The van der Waals surface area contributed by atoms with E-state index in [4.69, 9.17) is 5.11 Å². The minimum absolute atomic E-state index is 0.178. The lowest BCUT2D eigenvalue weighted by atomic mass is 10.1. The Kier molecular flexibility index (Phi) is 5.09. The highest BCUT2D eigenvalue weighted by molar-refractivity contribution is 7.99.